The molecule has 2 aromatic carbocycles. The molecule has 3 N–H and O–H groups in total. The Balaban J connectivity index is 2.03. The second-order valence-electron chi connectivity index (χ2n) is 5.57. The molecule has 1 unspecified atom stereocenters. The minimum Gasteiger partial charge on any atom is -0.389 e. The van der Waals surface area contributed by atoms with Gasteiger partial charge in [-0.25, -0.2) is 0 Å². The normalized spacial score (nSPS) is 13.7. The van der Waals surface area contributed by atoms with Crippen molar-refractivity contribution in [3.05, 3.63) is 48.0 Å². The molecular formula is C16H21NO2. The predicted molar refractivity (Wildman–Crippen MR) is 78.1 cm³/mol. The van der Waals surface area contributed by atoms with E-state index >= 15 is 0 Å². The van der Waals surface area contributed by atoms with Crippen molar-refractivity contribution >= 4 is 10.8 Å². The number of aliphatic hydroxyl groups is 2. The van der Waals surface area contributed by atoms with Crippen LogP contribution in [-0.2, 0) is 0 Å². The van der Waals surface area contributed by atoms with E-state index in [9.17, 15) is 10.2 Å². The van der Waals surface area contributed by atoms with E-state index in [0.717, 1.165) is 10.9 Å². The van der Waals surface area contributed by atoms with Gasteiger partial charge in [-0.2, -0.15) is 0 Å². The van der Waals surface area contributed by atoms with Crippen LogP contribution in [0.25, 0.3) is 10.8 Å². The zero-order chi connectivity index (χ0) is 13.9. The van der Waals surface area contributed by atoms with Crippen LogP contribution in [0.15, 0.2) is 42.5 Å². The maximum absolute atomic E-state index is 10.1. The highest BCUT2D eigenvalue weighted by atomic mass is 16.3. The molecule has 0 spiro atoms. The number of nitrogens with one attached hydrogen (secondary N) is 1. The molecule has 1 atom stereocenters. The van der Waals surface area contributed by atoms with E-state index in [1.807, 2.05) is 36.4 Å². The van der Waals surface area contributed by atoms with Gasteiger partial charge in [-0.05, 0) is 36.2 Å². The quantitative estimate of drug-likeness (QED) is 0.772. The van der Waals surface area contributed by atoms with Gasteiger partial charge in [0.25, 0.3) is 0 Å². The third-order valence-electron chi connectivity index (χ3n) is 3.05. The fraction of sp³-hybridized carbons (Fsp3) is 0.375. The van der Waals surface area contributed by atoms with Crippen LogP contribution in [0.4, 0.5) is 0 Å². The van der Waals surface area contributed by atoms with Crippen LogP contribution in [-0.4, -0.2) is 28.9 Å². The van der Waals surface area contributed by atoms with Gasteiger partial charge in [-0.3, -0.25) is 0 Å². The van der Waals surface area contributed by atoms with Crippen molar-refractivity contribution in [2.45, 2.75) is 25.6 Å². The number of hydrogen-bond donors (Lipinski definition) is 3. The van der Waals surface area contributed by atoms with Crippen LogP contribution in [0.5, 0.6) is 0 Å². The molecule has 0 amide bonds. The first-order valence-electron chi connectivity index (χ1n) is 6.55. The second kappa shape index (κ2) is 5.70. The molecule has 2 rings (SSSR count). The SMILES string of the molecule is CC(C)(O)CNCC(O)c1ccc2ccccc2c1. The highest BCUT2D eigenvalue weighted by molar-refractivity contribution is 5.83. The molecule has 0 bridgehead atoms. The van der Waals surface area contributed by atoms with E-state index in [1.165, 1.54) is 5.39 Å². The van der Waals surface area contributed by atoms with E-state index in [4.69, 9.17) is 0 Å². The minimum atomic E-state index is -0.761. The smallest absolute Gasteiger partial charge is 0.0914 e. The standard InChI is InChI=1S/C16H21NO2/c1-16(2,19)11-17-10-15(18)14-8-7-12-5-3-4-6-13(12)9-14/h3-9,15,17-19H,10-11H2,1-2H3. The van der Waals surface area contributed by atoms with Gasteiger partial charge in [0.1, 0.15) is 0 Å². The van der Waals surface area contributed by atoms with Gasteiger partial charge in [0.15, 0.2) is 0 Å². The zero-order valence-electron chi connectivity index (χ0n) is 11.4. The third kappa shape index (κ3) is 4.03. The first-order chi connectivity index (χ1) is 8.96. The van der Waals surface area contributed by atoms with Crippen LogP contribution in [0.1, 0.15) is 25.5 Å². The lowest BCUT2D eigenvalue weighted by molar-refractivity contribution is 0.0740. The average Bonchev–Trinajstić information content (AvgIpc) is 2.36. The molecule has 0 aromatic heterocycles. The van der Waals surface area contributed by atoms with E-state index in [0.29, 0.717) is 13.1 Å². The van der Waals surface area contributed by atoms with Crippen molar-refractivity contribution in [1.29, 1.82) is 0 Å². The van der Waals surface area contributed by atoms with Crippen LogP contribution in [0.2, 0.25) is 0 Å². The topological polar surface area (TPSA) is 52.5 Å². The summed E-state index contributed by atoms with van der Waals surface area (Å²) in [7, 11) is 0. The molecule has 0 aliphatic carbocycles. The molecule has 0 saturated carbocycles. The molecule has 0 aliphatic heterocycles. The van der Waals surface area contributed by atoms with E-state index in [1.54, 1.807) is 13.8 Å². The van der Waals surface area contributed by atoms with Gasteiger partial charge in [0.2, 0.25) is 0 Å². The Morgan fingerprint density at radius 3 is 2.47 bits per heavy atom. The molecule has 19 heavy (non-hydrogen) atoms. The molecule has 3 heteroatoms. The molecule has 3 nitrogen and oxygen atoms in total. The Kier molecular flexibility index (Phi) is 4.20. The molecule has 102 valence electrons. The van der Waals surface area contributed by atoms with Crippen LogP contribution >= 0.6 is 0 Å². The summed E-state index contributed by atoms with van der Waals surface area (Å²) in [6.07, 6.45) is -0.563. The van der Waals surface area contributed by atoms with Gasteiger partial charge in [0, 0.05) is 13.1 Å². The zero-order valence-corrected chi connectivity index (χ0v) is 11.4. The molecule has 2 aromatic rings. The lowest BCUT2D eigenvalue weighted by Gasteiger charge is -2.19. The lowest BCUT2D eigenvalue weighted by Crippen LogP contribution is -2.36. The molecule has 0 heterocycles. The fourth-order valence-electron chi connectivity index (χ4n) is 2.05. The van der Waals surface area contributed by atoms with Crippen molar-refractivity contribution in [3.63, 3.8) is 0 Å². The molecule has 0 fully saturated rings. The van der Waals surface area contributed by atoms with Gasteiger partial charge < -0.3 is 15.5 Å². The van der Waals surface area contributed by atoms with E-state index in [-0.39, 0.29) is 0 Å². The first kappa shape index (κ1) is 14.0. The Labute approximate surface area is 113 Å². The average molecular weight is 259 g/mol. The number of rotatable bonds is 5. The summed E-state index contributed by atoms with van der Waals surface area (Å²) in [5.74, 6) is 0. The van der Waals surface area contributed by atoms with E-state index < -0.39 is 11.7 Å². The fourth-order valence-corrected chi connectivity index (χ4v) is 2.05. The number of aliphatic hydroxyl groups excluding tert-OH is 1. The third-order valence-corrected chi connectivity index (χ3v) is 3.05. The summed E-state index contributed by atoms with van der Waals surface area (Å²) >= 11 is 0. The van der Waals surface area contributed by atoms with Gasteiger partial charge in [-0.1, -0.05) is 36.4 Å². The minimum absolute atomic E-state index is 0.433. The summed E-state index contributed by atoms with van der Waals surface area (Å²) in [6.45, 7) is 4.37. The molecular weight excluding hydrogens is 238 g/mol. The summed E-state index contributed by atoms with van der Waals surface area (Å²) in [4.78, 5) is 0. The Morgan fingerprint density at radius 1 is 1.11 bits per heavy atom. The van der Waals surface area contributed by atoms with Crippen molar-refractivity contribution < 1.29 is 10.2 Å². The Hall–Kier alpha value is -1.42. The number of benzene rings is 2. The summed E-state index contributed by atoms with van der Waals surface area (Å²) in [5.41, 5.74) is 0.130. The maximum atomic E-state index is 10.1. The van der Waals surface area contributed by atoms with Crippen LogP contribution in [0, 0.1) is 0 Å². The van der Waals surface area contributed by atoms with Gasteiger partial charge in [-0.15, -0.1) is 0 Å². The van der Waals surface area contributed by atoms with Crippen molar-refractivity contribution in [1.82, 2.24) is 5.32 Å². The highest BCUT2D eigenvalue weighted by Crippen LogP contribution is 2.20. The summed E-state index contributed by atoms with van der Waals surface area (Å²) in [5, 5.41) is 25.1. The maximum Gasteiger partial charge on any atom is 0.0914 e. The number of hydrogen-bond acceptors (Lipinski definition) is 3. The molecule has 0 saturated heterocycles. The van der Waals surface area contributed by atoms with Gasteiger partial charge in [0.05, 0.1) is 11.7 Å². The summed E-state index contributed by atoms with van der Waals surface area (Å²) in [6, 6.07) is 14.1. The Bertz CT molecular complexity index is 546. The van der Waals surface area contributed by atoms with Crippen LogP contribution in [0.3, 0.4) is 0 Å². The van der Waals surface area contributed by atoms with Crippen molar-refractivity contribution in [3.8, 4) is 0 Å². The second-order valence-corrected chi connectivity index (χ2v) is 5.57. The highest BCUT2D eigenvalue weighted by Gasteiger charge is 2.13. The number of fused-ring (bicyclic) bond motifs is 1. The van der Waals surface area contributed by atoms with Crippen molar-refractivity contribution in [2.24, 2.45) is 0 Å². The van der Waals surface area contributed by atoms with E-state index in [2.05, 4.69) is 11.4 Å². The summed E-state index contributed by atoms with van der Waals surface area (Å²) < 4.78 is 0. The monoisotopic (exact) mass is 259 g/mol. The van der Waals surface area contributed by atoms with Gasteiger partial charge >= 0.3 is 0 Å². The predicted octanol–water partition coefficient (Wildman–Crippen LogP) is 2.23. The molecule has 0 radical (unpaired) electrons. The lowest BCUT2D eigenvalue weighted by atomic mass is 10.0. The first-order valence-corrected chi connectivity index (χ1v) is 6.55. The van der Waals surface area contributed by atoms with Crippen molar-refractivity contribution in [2.75, 3.05) is 13.1 Å². The molecule has 0 aliphatic rings. The largest absolute Gasteiger partial charge is 0.389 e. The van der Waals surface area contributed by atoms with Crippen LogP contribution < -0.4 is 5.32 Å². The Morgan fingerprint density at radius 2 is 1.79 bits per heavy atom.